The van der Waals surface area contributed by atoms with Crippen molar-refractivity contribution in [2.75, 3.05) is 25.5 Å². The number of amides is 1. The molecule has 0 atom stereocenters. The first-order valence-electron chi connectivity index (χ1n) is 9.78. The number of hydrogen-bond donors (Lipinski definition) is 0. The fourth-order valence-corrected chi connectivity index (χ4v) is 3.91. The number of hydrogen-bond acceptors (Lipinski definition) is 7. The van der Waals surface area contributed by atoms with Crippen LogP contribution < -0.4 is 9.47 Å². The molecule has 0 saturated heterocycles. The lowest BCUT2D eigenvalue weighted by Gasteiger charge is -2.23. The number of fused-ring (bicyclic) bond motifs is 1. The third kappa shape index (κ3) is 4.56. The van der Waals surface area contributed by atoms with Crippen molar-refractivity contribution in [3.63, 3.8) is 0 Å². The van der Waals surface area contributed by atoms with Crippen molar-refractivity contribution in [3.05, 3.63) is 53.6 Å². The van der Waals surface area contributed by atoms with E-state index in [0.29, 0.717) is 31.5 Å². The lowest BCUT2D eigenvalue weighted by molar-refractivity contribution is -0.128. The highest BCUT2D eigenvalue weighted by molar-refractivity contribution is 7.99. The molecule has 0 spiro atoms. The summed E-state index contributed by atoms with van der Waals surface area (Å²) < 4.78 is 12.8. The Morgan fingerprint density at radius 1 is 1.13 bits per heavy atom. The predicted octanol–water partition coefficient (Wildman–Crippen LogP) is 2.88. The molecule has 2 aromatic carbocycles. The van der Waals surface area contributed by atoms with E-state index in [2.05, 4.69) is 15.5 Å². The van der Waals surface area contributed by atoms with Crippen LogP contribution in [0.1, 0.15) is 18.1 Å². The maximum absolute atomic E-state index is 12.8. The average molecular weight is 426 g/mol. The smallest absolute Gasteiger partial charge is 0.233 e. The summed E-state index contributed by atoms with van der Waals surface area (Å²) >= 11 is 1.33. The molecular weight excluding hydrogens is 402 g/mol. The molecule has 3 aromatic rings. The summed E-state index contributed by atoms with van der Waals surface area (Å²) in [6.07, 6.45) is 0. The molecule has 0 N–H and O–H groups in total. The lowest BCUT2D eigenvalue weighted by atomic mass is 10.2. The number of thioether (sulfide) groups is 1. The van der Waals surface area contributed by atoms with Gasteiger partial charge in [0.05, 0.1) is 11.4 Å². The second-order valence-corrected chi connectivity index (χ2v) is 7.83. The number of tetrazole rings is 1. The number of aromatic nitrogens is 4. The average Bonchev–Trinajstić information content (AvgIpc) is 3.25. The summed E-state index contributed by atoms with van der Waals surface area (Å²) in [5.41, 5.74) is 3.03. The summed E-state index contributed by atoms with van der Waals surface area (Å²) in [4.78, 5) is 14.6. The van der Waals surface area contributed by atoms with Crippen LogP contribution in [0.25, 0.3) is 5.69 Å². The van der Waals surface area contributed by atoms with Crippen LogP contribution in [-0.4, -0.2) is 56.5 Å². The molecule has 0 fully saturated rings. The van der Waals surface area contributed by atoms with Crippen molar-refractivity contribution < 1.29 is 14.3 Å². The molecule has 30 heavy (non-hydrogen) atoms. The van der Waals surface area contributed by atoms with Gasteiger partial charge in [0.1, 0.15) is 13.2 Å². The molecule has 1 aromatic heterocycles. The van der Waals surface area contributed by atoms with Gasteiger partial charge in [-0.1, -0.05) is 35.5 Å². The molecule has 2 heterocycles. The number of aryl methyl sites for hydroxylation is 1. The van der Waals surface area contributed by atoms with E-state index < -0.39 is 0 Å². The third-order valence-electron chi connectivity index (χ3n) is 4.76. The van der Waals surface area contributed by atoms with Crippen LogP contribution in [0.3, 0.4) is 0 Å². The van der Waals surface area contributed by atoms with Gasteiger partial charge >= 0.3 is 0 Å². The SMILES string of the molecule is CCN(Cc1ccc2c(c1)OCCO2)C(=O)CSc1nnnn1-c1ccc(C)cc1. The van der Waals surface area contributed by atoms with Gasteiger partial charge in [-0.25, -0.2) is 0 Å². The molecule has 0 bridgehead atoms. The van der Waals surface area contributed by atoms with E-state index in [1.807, 2.05) is 56.3 Å². The first kappa shape index (κ1) is 20.2. The number of carbonyl (C=O) groups excluding carboxylic acids is 1. The van der Waals surface area contributed by atoms with Crippen molar-refractivity contribution in [1.82, 2.24) is 25.1 Å². The van der Waals surface area contributed by atoms with E-state index in [4.69, 9.17) is 9.47 Å². The van der Waals surface area contributed by atoms with Crippen LogP contribution in [0.15, 0.2) is 47.6 Å². The first-order valence-corrected chi connectivity index (χ1v) is 10.8. The minimum atomic E-state index is 0.0239. The van der Waals surface area contributed by atoms with E-state index in [-0.39, 0.29) is 11.7 Å². The molecular formula is C21H23N5O3S. The maximum Gasteiger partial charge on any atom is 0.233 e. The molecule has 0 aliphatic carbocycles. The Hall–Kier alpha value is -3.07. The largest absolute Gasteiger partial charge is 0.486 e. The second-order valence-electron chi connectivity index (χ2n) is 6.88. The lowest BCUT2D eigenvalue weighted by Crippen LogP contribution is -2.31. The van der Waals surface area contributed by atoms with E-state index in [1.54, 1.807) is 9.58 Å². The molecule has 1 amide bonds. The zero-order valence-corrected chi connectivity index (χ0v) is 17.8. The highest BCUT2D eigenvalue weighted by Crippen LogP contribution is 2.31. The van der Waals surface area contributed by atoms with E-state index in [1.165, 1.54) is 11.8 Å². The van der Waals surface area contributed by atoms with Gasteiger partial charge in [-0.3, -0.25) is 4.79 Å². The minimum absolute atomic E-state index is 0.0239. The van der Waals surface area contributed by atoms with Crippen molar-refractivity contribution in [2.24, 2.45) is 0 Å². The van der Waals surface area contributed by atoms with Crippen molar-refractivity contribution in [1.29, 1.82) is 0 Å². The van der Waals surface area contributed by atoms with Gasteiger partial charge in [-0.2, -0.15) is 4.68 Å². The molecule has 0 unspecified atom stereocenters. The molecule has 4 rings (SSSR count). The molecule has 0 saturated carbocycles. The Labute approximate surface area is 179 Å². The summed E-state index contributed by atoms with van der Waals surface area (Å²) in [5.74, 6) is 1.76. The maximum atomic E-state index is 12.8. The van der Waals surface area contributed by atoms with Gasteiger partial charge in [0.2, 0.25) is 11.1 Å². The van der Waals surface area contributed by atoms with Crippen molar-refractivity contribution >= 4 is 17.7 Å². The van der Waals surface area contributed by atoms with Gasteiger partial charge in [-0.15, -0.1) is 5.10 Å². The summed E-state index contributed by atoms with van der Waals surface area (Å²) in [7, 11) is 0. The van der Waals surface area contributed by atoms with Crippen molar-refractivity contribution in [3.8, 4) is 17.2 Å². The van der Waals surface area contributed by atoms with E-state index in [0.717, 1.165) is 28.3 Å². The van der Waals surface area contributed by atoms with Gasteiger partial charge < -0.3 is 14.4 Å². The highest BCUT2D eigenvalue weighted by Gasteiger charge is 2.18. The van der Waals surface area contributed by atoms with Crippen LogP contribution in [0.2, 0.25) is 0 Å². The number of carbonyl (C=O) groups is 1. The van der Waals surface area contributed by atoms with Crippen LogP contribution in [0.5, 0.6) is 11.5 Å². The molecule has 1 aliphatic rings. The Balaban J connectivity index is 1.40. The molecule has 8 nitrogen and oxygen atoms in total. The monoisotopic (exact) mass is 425 g/mol. The number of benzene rings is 2. The Morgan fingerprint density at radius 3 is 2.67 bits per heavy atom. The summed E-state index contributed by atoms with van der Waals surface area (Å²) in [6, 6.07) is 13.7. The van der Waals surface area contributed by atoms with E-state index in [9.17, 15) is 4.79 Å². The Morgan fingerprint density at radius 2 is 1.90 bits per heavy atom. The van der Waals surface area contributed by atoms with Crippen LogP contribution in [0, 0.1) is 6.92 Å². The molecule has 9 heteroatoms. The van der Waals surface area contributed by atoms with E-state index >= 15 is 0 Å². The van der Waals surface area contributed by atoms with Crippen molar-refractivity contribution in [2.45, 2.75) is 25.5 Å². The van der Waals surface area contributed by atoms with Crippen LogP contribution >= 0.6 is 11.8 Å². The van der Waals surface area contributed by atoms with Crippen LogP contribution in [0.4, 0.5) is 0 Å². The molecule has 156 valence electrons. The fourth-order valence-electron chi connectivity index (χ4n) is 3.12. The van der Waals surface area contributed by atoms with Gasteiger partial charge in [-0.05, 0) is 54.1 Å². The normalized spacial score (nSPS) is 12.6. The number of nitrogens with zero attached hydrogens (tertiary/aromatic N) is 5. The highest BCUT2D eigenvalue weighted by atomic mass is 32.2. The molecule has 0 radical (unpaired) electrons. The first-order chi connectivity index (χ1) is 14.6. The zero-order valence-electron chi connectivity index (χ0n) is 16.9. The third-order valence-corrected chi connectivity index (χ3v) is 5.66. The van der Waals surface area contributed by atoms with Gasteiger partial charge in [0.15, 0.2) is 11.5 Å². The second kappa shape index (κ2) is 9.17. The topological polar surface area (TPSA) is 82.4 Å². The summed E-state index contributed by atoms with van der Waals surface area (Å²) in [5, 5.41) is 12.5. The Bertz CT molecular complexity index is 1020. The van der Waals surface area contributed by atoms with Gasteiger partial charge in [0.25, 0.3) is 0 Å². The quantitative estimate of drug-likeness (QED) is 0.538. The van der Waals surface area contributed by atoms with Crippen LogP contribution in [-0.2, 0) is 11.3 Å². The number of ether oxygens (including phenoxy) is 2. The number of rotatable bonds is 7. The molecule has 1 aliphatic heterocycles. The predicted molar refractivity (Wildman–Crippen MR) is 113 cm³/mol. The van der Waals surface area contributed by atoms with Gasteiger partial charge in [0, 0.05) is 13.1 Å². The summed E-state index contributed by atoms with van der Waals surface area (Å²) in [6.45, 7) is 6.21. The Kier molecular flexibility index (Phi) is 6.18. The standard InChI is InChI=1S/C21H23N5O3S/c1-3-25(13-16-6-9-18-19(12-16)29-11-10-28-18)20(27)14-30-21-22-23-24-26(21)17-7-4-15(2)5-8-17/h4-9,12H,3,10-11,13-14H2,1-2H3. The zero-order chi connectivity index (χ0) is 20.9. The minimum Gasteiger partial charge on any atom is -0.486 e. The fraction of sp³-hybridized carbons (Fsp3) is 0.333.